The van der Waals surface area contributed by atoms with Crippen molar-refractivity contribution in [2.45, 2.75) is 40.0 Å². The fourth-order valence-corrected chi connectivity index (χ4v) is 2.73. The minimum absolute atomic E-state index is 0.518. The van der Waals surface area contributed by atoms with Crippen molar-refractivity contribution in [1.29, 1.82) is 0 Å². The molecule has 0 fully saturated rings. The molecule has 3 nitrogen and oxygen atoms in total. The quantitative estimate of drug-likeness (QED) is 0.603. The van der Waals surface area contributed by atoms with Crippen LogP contribution in [-0.4, -0.2) is 10.1 Å². The van der Waals surface area contributed by atoms with Gasteiger partial charge in [0.25, 0.3) is 5.89 Å². The summed E-state index contributed by atoms with van der Waals surface area (Å²) in [7, 11) is 0. The second-order valence-electron chi connectivity index (χ2n) is 6.99. The maximum Gasteiger partial charge on any atom is 0.258 e. The Hall–Kier alpha value is -2.42. The summed E-state index contributed by atoms with van der Waals surface area (Å²) < 4.78 is 5.44. The van der Waals surface area contributed by atoms with Crippen LogP contribution in [0.3, 0.4) is 0 Å². The van der Waals surface area contributed by atoms with Gasteiger partial charge in [-0.1, -0.05) is 69.2 Å². The molecule has 3 heteroatoms. The Morgan fingerprint density at radius 1 is 0.833 bits per heavy atom. The molecule has 2 aromatic carbocycles. The predicted molar refractivity (Wildman–Crippen MR) is 97.8 cm³/mol. The van der Waals surface area contributed by atoms with Crippen LogP contribution in [0.1, 0.15) is 44.7 Å². The van der Waals surface area contributed by atoms with Gasteiger partial charge in [-0.05, 0) is 41.5 Å². The Labute approximate surface area is 143 Å². The third kappa shape index (κ3) is 3.73. The first-order valence-electron chi connectivity index (χ1n) is 8.56. The van der Waals surface area contributed by atoms with Gasteiger partial charge in [0.15, 0.2) is 0 Å². The van der Waals surface area contributed by atoms with Gasteiger partial charge in [0.05, 0.1) is 0 Å². The minimum atomic E-state index is 0.518. The zero-order valence-electron chi connectivity index (χ0n) is 14.8. The largest absolute Gasteiger partial charge is 0.334 e. The highest BCUT2D eigenvalue weighted by molar-refractivity contribution is 5.60. The van der Waals surface area contributed by atoms with Crippen LogP contribution in [0.5, 0.6) is 0 Å². The molecule has 0 aliphatic rings. The molecule has 0 spiro atoms. The highest BCUT2D eigenvalue weighted by Gasteiger charge is 2.11. The molecular formula is C21H24N2O. The lowest BCUT2D eigenvalue weighted by atomic mass is 10.0. The van der Waals surface area contributed by atoms with Crippen LogP contribution in [0.25, 0.3) is 22.8 Å². The van der Waals surface area contributed by atoms with Gasteiger partial charge in [0.2, 0.25) is 5.82 Å². The molecule has 1 aromatic heterocycles. The van der Waals surface area contributed by atoms with Crippen LogP contribution in [0, 0.1) is 5.92 Å². The fraction of sp³-hybridized carbons (Fsp3) is 0.333. The number of nitrogens with zero attached hydrogens (tertiary/aromatic N) is 2. The molecule has 0 saturated carbocycles. The van der Waals surface area contributed by atoms with E-state index in [1.807, 2.05) is 0 Å². The number of hydrogen-bond acceptors (Lipinski definition) is 3. The van der Waals surface area contributed by atoms with Gasteiger partial charge in [0.1, 0.15) is 0 Å². The molecule has 1 heterocycles. The summed E-state index contributed by atoms with van der Waals surface area (Å²) in [5.41, 5.74) is 4.58. The first-order valence-corrected chi connectivity index (χ1v) is 8.56. The van der Waals surface area contributed by atoms with Gasteiger partial charge < -0.3 is 4.52 Å². The fourth-order valence-electron chi connectivity index (χ4n) is 2.73. The third-order valence-corrected chi connectivity index (χ3v) is 4.11. The molecule has 0 saturated heterocycles. The van der Waals surface area contributed by atoms with Crippen molar-refractivity contribution < 1.29 is 4.52 Å². The molecule has 0 aliphatic heterocycles. The Morgan fingerprint density at radius 3 is 2.04 bits per heavy atom. The SMILES string of the molecule is CC(C)Cc1ccc(-c2nc(-c3ccc(C(C)C)cc3)no2)cc1. The van der Waals surface area contributed by atoms with Crippen molar-refractivity contribution in [2.24, 2.45) is 5.92 Å². The molecule has 0 aliphatic carbocycles. The third-order valence-electron chi connectivity index (χ3n) is 4.11. The number of benzene rings is 2. The van der Waals surface area contributed by atoms with E-state index in [0.29, 0.717) is 23.6 Å². The number of rotatable bonds is 5. The highest BCUT2D eigenvalue weighted by atomic mass is 16.5. The maximum absolute atomic E-state index is 5.44. The molecule has 0 amide bonds. The molecule has 124 valence electrons. The zero-order chi connectivity index (χ0) is 17.1. The Balaban J connectivity index is 1.80. The zero-order valence-corrected chi connectivity index (χ0v) is 14.8. The van der Waals surface area contributed by atoms with Crippen LogP contribution < -0.4 is 0 Å². The van der Waals surface area contributed by atoms with Crippen molar-refractivity contribution in [3.05, 3.63) is 59.7 Å². The second kappa shape index (κ2) is 7.00. The van der Waals surface area contributed by atoms with Gasteiger partial charge in [-0.3, -0.25) is 0 Å². The smallest absolute Gasteiger partial charge is 0.258 e. The second-order valence-corrected chi connectivity index (χ2v) is 6.99. The van der Waals surface area contributed by atoms with Crippen molar-refractivity contribution in [2.75, 3.05) is 0 Å². The van der Waals surface area contributed by atoms with Crippen molar-refractivity contribution in [1.82, 2.24) is 10.1 Å². The normalized spacial score (nSPS) is 11.4. The van der Waals surface area contributed by atoms with Crippen LogP contribution in [0.15, 0.2) is 53.1 Å². The molecular weight excluding hydrogens is 296 g/mol. The lowest BCUT2D eigenvalue weighted by molar-refractivity contribution is 0.432. The van der Waals surface area contributed by atoms with Gasteiger partial charge in [-0.15, -0.1) is 0 Å². The molecule has 24 heavy (non-hydrogen) atoms. The molecule has 0 bridgehead atoms. The van der Waals surface area contributed by atoms with Crippen LogP contribution in [0.4, 0.5) is 0 Å². The minimum Gasteiger partial charge on any atom is -0.334 e. The highest BCUT2D eigenvalue weighted by Crippen LogP contribution is 2.24. The summed E-state index contributed by atoms with van der Waals surface area (Å²) in [6, 6.07) is 16.7. The van der Waals surface area contributed by atoms with Crippen LogP contribution in [-0.2, 0) is 6.42 Å². The van der Waals surface area contributed by atoms with E-state index in [9.17, 15) is 0 Å². The summed E-state index contributed by atoms with van der Waals surface area (Å²) in [6.07, 6.45) is 1.08. The van der Waals surface area contributed by atoms with Crippen molar-refractivity contribution >= 4 is 0 Å². The van der Waals surface area contributed by atoms with E-state index in [0.717, 1.165) is 17.5 Å². The summed E-state index contributed by atoms with van der Waals surface area (Å²) in [6.45, 7) is 8.82. The van der Waals surface area contributed by atoms with E-state index in [4.69, 9.17) is 4.52 Å². The summed E-state index contributed by atoms with van der Waals surface area (Å²) in [5, 5.41) is 4.12. The van der Waals surface area contributed by atoms with Crippen molar-refractivity contribution in [3.63, 3.8) is 0 Å². The van der Waals surface area contributed by atoms with Gasteiger partial charge in [-0.2, -0.15) is 4.98 Å². The van der Waals surface area contributed by atoms with Gasteiger partial charge in [-0.25, -0.2) is 0 Å². The Bertz CT molecular complexity index is 783. The van der Waals surface area contributed by atoms with Crippen LogP contribution in [0.2, 0.25) is 0 Å². The monoisotopic (exact) mass is 320 g/mol. The van der Waals surface area contributed by atoms with E-state index in [1.54, 1.807) is 0 Å². The van der Waals surface area contributed by atoms with E-state index in [1.165, 1.54) is 11.1 Å². The first kappa shape index (κ1) is 16.4. The van der Waals surface area contributed by atoms with Gasteiger partial charge in [0, 0.05) is 11.1 Å². The molecule has 3 rings (SSSR count). The van der Waals surface area contributed by atoms with E-state index < -0.39 is 0 Å². The lowest BCUT2D eigenvalue weighted by Gasteiger charge is -2.05. The van der Waals surface area contributed by atoms with Crippen molar-refractivity contribution in [3.8, 4) is 22.8 Å². The summed E-state index contributed by atoms with van der Waals surface area (Å²) >= 11 is 0. The van der Waals surface area contributed by atoms with E-state index in [2.05, 4.69) is 86.4 Å². The summed E-state index contributed by atoms with van der Waals surface area (Å²) in [5.74, 6) is 2.37. The number of hydrogen-bond donors (Lipinski definition) is 0. The van der Waals surface area contributed by atoms with Gasteiger partial charge >= 0.3 is 0 Å². The molecule has 0 unspecified atom stereocenters. The summed E-state index contributed by atoms with van der Waals surface area (Å²) in [4.78, 5) is 4.54. The molecule has 0 atom stereocenters. The lowest BCUT2D eigenvalue weighted by Crippen LogP contribution is -1.93. The first-order chi connectivity index (χ1) is 11.5. The average Bonchev–Trinajstić information content (AvgIpc) is 3.05. The Morgan fingerprint density at radius 2 is 1.46 bits per heavy atom. The predicted octanol–water partition coefficient (Wildman–Crippen LogP) is 5.73. The molecule has 3 aromatic rings. The van der Waals surface area contributed by atoms with E-state index in [-0.39, 0.29) is 0 Å². The molecule has 0 radical (unpaired) electrons. The maximum atomic E-state index is 5.44. The standard InChI is InChI=1S/C21H24N2O/c1-14(2)13-16-5-7-19(8-6-16)21-22-20(23-24-21)18-11-9-17(10-12-18)15(3)4/h5-12,14-15H,13H2,1-4H3. The molecule has 0 N–H and O–H groups in total. The van der Waals surface area contributed by atoms with Crippen LogP contribution >= 0.6 is 0 Å². The number of aromatic nitrogens is 2. The average molecular weight is 320 g/mol. The topological polar surface area (TPSA) is 38.9 Å². The van der Waals surface area contributed by atoms with E-state index >= 15 is 0 Å². The Kier molecular flexibility index (Phi) is 4.79.